The number of hydrogen-bond donors (Lipinski definition) is 4. The van der Waals surface area contributed by atoms with Gasteiger partial charge in [0.15, 0.2) is 6.29 Å². The third kappa shape index (κ3) is 32.5. The Labute approximate surface area is 361 Å². The van der Waals surface area contributed by atoms with Crippen molar-refractivity contribution in [1.29, 1.82) is 0 Å². The van der Waals surface area contributed by atoms with E-state index in [0.717, 1.165) is 57.8 Å². The van der Waals surface area contributed by atoms with Gasteiger partial charge in [-0.05, 0) is 51.4 Å². The predicted octanol–water partition coefficient (Wildman–Crippen LogP) is 11.3. The first kappa shape index (κ1) is 55.2. The van der Waals surface area contributed by atoms with E-state index in [1.807, 2.05) is 0 Å². The average Bonchev–Trinajstić information content (AvgIpc) is 3.24. The van der Waals surface area contributed by atoms with Crippen molar-refractivity contribution in [2.45, 2.75) is 237 Å². The van der Waals surface area contributed by atoms with E-state index < -0.39 is 43.4 Å². The largest absolute Gasteiger partial charge is 0.457 e. The molecule has 0 radical (unpaired) electrons. The number of carbonyl (C=O) groups excluding carboxylic acids is 1. The number of hydrogen-bond acceptors (Lipinski definition) is 9. The van der Waals surface area contributed by atoms with Crippen molar-refractivity contribution in [1.82, 2.24) is 0 Å². The van der Waals surface area contributed by atoms with Crippen LogP contribution in [0.3, 0.4) is 0 Å². The van der Waals surface area contributed by atoms with Gasteiger partial charge in [0.1, 0.15) is 30.5 Å². The van der Waals surface area contributed by atoms with Crippen molar-refractivity contribution in [2.24, 2.45) is 0 Å². The Morgan fingerprint density at radius 3 is 1.56 bits per heavy atom. The summed E-state index contributed by atoms with van der Waals surface area (Å²) < 4.78 is 22.8. The van der Waals surface area contributed by atoms with Crippen molar-refractivity contribution in [2.75, 3.05) is 26.4 Å². The molecule has 9 heteroatoms. The van der Waals surface area contributed by atoms with Crippen LogP contribution in [0, 0.1) is 0 Å². The molecule has 0 spiro atoms. The van der Waals surface area contributed by atoms with Gasteiger partial charge in [0.25, 0.3) is 0 Å². The number of rotatable bonds is 41. The first-order valence-corrected chi connectivity index (χ1v) is 24.2. The van der Waals surface area contributed by atoms with Crippen molar-refractivity contribution in [3.05, 3.63) is 48.6 Å². The molecule has 4 N–H and O–H groups in total. The Kier molecular flexibility index (Phi) is 38.8. The van der Waals surface area contributed by atoms with E-state index >= 15 is 0 Å². The molecule has 0 bridgehead atoms. The lowest BCUT2D eigenvalue weighted by atomic mass is 9.99. The highest BCUT2D eigenvalue weighted by Crippen LogP contribution is 2.23. The molecular weight excluding hydrogens is 745 g/mol. The van der Waals surface area contributed by atoms with Crippen LogP contribution in [0.1, 0.15) is 200 Å². The first-order valence-electron chi connectivity index (χ1n) is 24.2. The molecule has 0 aromatic carbocycles. The maximum Gasteiger partial charge on any atom is 0.306 e. The van der Waals surface area contributed by atoms with Gasteiger partial charge < -0.3 is 39.4 Å². The molecule has 1 saturated heterocycles. The molecular formula is C50H90O9. The highest BCUT2D eigenvalue weighted by Gasteiger charge is 2.44. The van der Waals surface area contributed by atoms with Crippen LogP contribution in [-0.2, 0) is 23.7 Å². The first-order chi connectivity index (χ1) is 28.9. The van der Waals surface area contributed by atoms with Gasteiger partial charge in [0.2, 0.25) is 0 Å². The number of unbranched alkanes of at least 4 members (excludes halogenated alkanes) is 22. The van der Waals surface area contributed by atoms with Gasteiger partial charge >= 0.3 is 5.97 Å². The molecule has 0 amide bonds. The summed E-state index contributed by atoms with van der Waals surface area (Å²) in [6.45, 7) is 4.45. The van der Waals surface area contributed by atoms with Gasteiger partial charge in [-0.25, -0.2) is 0 Å². The van der Waals surface area contributed by atoms with Crippen molar-refractivity contribution >= 4 is 5.97 Å². The summed E-state index contributed by atoms with van der Waals surface area (Å²) in [5.41, 5.74) is 0. The molecule has 6 atom stereocenters. The zero-order chi connectivity index (χ0) is 42.9. The van der Waals surface area contributed by atoms with E-state index in [0.29, 0.717) is 13.0 Å². The number of allylic oxidation sites excluding steroid dienone is 8. The number of aliphatic hydroxyl groups is 4. The highest BCUT2D eigenvalue weighted by molar-refractivity contribution is 5.69. The van der Waals surface area contributed by atoms with Crippen LogP contribution in [0.15, 0.2) is 48.6 Å². The van der Waals surface area contributed by atoms with Gasteiger partial charge in [-0.3, -0.25) is 4.79 Å². The quantitative estimate of drug-likeness (QED) is 0.0270. The van der Waals surface area contributed by atoms with Gasteiger partial charge in [0.05, 0.1) is 19.8 Å². The number of ether oxygens (including phenoxy) is 4. The van der Waals surface area contributed by atoms with E-state index in [9.17, 15) is 25.2 Å². The maximum absolute atomic E-state index is 12.8. The molecule has 0 aromatic heterocycles. The van der Waals surface area contributed by atoms with Crippen LogP contribution >= 0.6 is 0 Å². The Morgan fingerprint density at radius 2 is 1.03 bits per heavy atom. The third-order valence-corrected chi connectivity index (χ3v) is 11.0. The summed E-state index contributed by atoms with van der Waals surface area (Å²) in [5.74, 6) is -0.315. The second kappa shape index (κ2) is 41.5. The van der Waals surface area contributed by atoms with Crippen molar-refractivity contribution in [3.8, 4) is 0 Å². The van der Waals surface area contributed by atoms with E-state index in [1.165, 1.54) is 122 Å². The fourth-order valence-electron chi connectivity index (χ4n) is 7.25. The molecule has 1 rings (SSSR count). The summed E-state index contributed by atoms with van der Waals surface area (Å²) in [5, 5.41) is 40.1. The summed E-state index contributed by atoms with van der Waals surface area (Å²) in [4.78, 5) is 12.8. The number of carbonyl (C=O) groups is 1. The number of aliphatic hydroxyl groups excluding tert-OH is 4. The van der Waals surface area contributed by atoms with Crippen LogP contribution in [0.2, 0.25) is 0 Å². The standard InChI is InChI=1S/C50H90O9/c1-3-5-7-9-11-13-15-17-18-19-20-21-22-23-24-25-26-27-28-30-32-34-36-38-40-56-42-44(43-57-50-49(55)48(54)47(53)45(41-51)59-50)58-46(52)39-37-35-33-31-29-16-14-12-10-8-6-4-2/h5,7,11,13,17-18,20-21,44-45,47-51,53-55H,3-4,6,8-10,12,14-16,19,22-43H2,1-2H3/b7-5-,13-11-,18-17-,21-20-. The molecule has 1 fully saturated rings. The summed E-state index contributed by atoms with van der Waals surface area (Å²) in [7, 11) is 0. The highest BCUT2D eigenvalue weighted by atomic mass is 16.7. The average molecular weight is 835 g/mol. The lowest BCUT2D eigenvalue weighted by Gasteiger charge is -2.39. The normalized spacial score (nSPS) is 20.5. The SMILES string of the molecule is CC/C=C\C/C=C\C/C=C\C/C=C\CCCCCCCCCCCCCOCC(COC1OC(CO)C(O)C(O)C1O)OC(=O)CCCCCCCCCCCCCC. The summed E-state index contributed by atoms with van der Waals surface area (Å²) in [6.07, 6.45) is 44.3. The monoisotopic (exact) mass is 835 g/mol. The summed E-state index contributed by atoms with van der Waals surface area (Å²) in [6, 6.07) is 0. The van der Waals surface area contributed by atoms with E-state index in [2.05, 4.69) is 62.5 Å². The molecule has 9 nitrogen and oxygen atoms in total. The third-order valence-electron chi connectivity index (χ3n) is 11.0. The minimum atomic E-state index is -1.54. The molecule has 59 heavy (non-hydrogen) atoms. The maximum atomic E-state index is 12.8. The van der Waals surface area contributed by atoms with E-state index in [-0.39, 0.29) is 19.2 Å². The van der Waals surface area contributed by atoms with Gasteiger partial charge in [-0.2, -0.15) is 0 Å². The van der Waals surface area contributed by atoms with Crippen LogP contribution in [0.5, 0.6) is 0 Å². The lowest BCUT2D eigenvalue weighted by molar-refractivity contribution is -0.305. The van der Waals surface area contributed by atoms with Crippen LogP contribution in [0.4, 0.5) is 0 Å². The Bertz CT molecular complexity index is 1040. The molecule has 344 valence electrons. The van der Waals surface area contributed by atoms with Gasteiger partial charge in [-0.1, -0.05) is 191 Å². The fourth-order valence-corrected chi connectivity index (χ4v) is 7.25. The van der Waals surface area contributed by atoms with Crippen LogP contribution in [0.25, 0.3) is 0 Å². The Balaban J connectivity index is 2.18. The Hall–Kier alpha value is -1.85. The van der Waals surface area contributed by atoms with Crippen molar-refractivity contribution < 1.29 is 44.2 Å². The van der Waals surface area contributed by atoms with Crippen LogP contribution in [-0.4, -0.2) is 89.6 Å². The second-order valence-electron chi connectivity index (χ2n) is 16.5. The van der Waals surface area contributed by atoms with Gasteiger partial charge in [-0.15, -0.1) is 0 Å². The van der Waals surface area contributed by atoms with Crippen molar-refractivity contribution in [3.63, 3.8) is 0 Å². The second-order valence-corrected chi connectivity index (χ2v) is 16.5. The topological polar surface area (TPSA) is 135 Å². The molecule has 1 aliphatic heterocycles. The molecule has 1 heterocycles. The van der Waals surface area contributed by atoms with E-state index in [4.69, 9.17) is 18.9 Å². The molecule has 6 unspecified atom stereocenters. The zero-order valence-corrected chi connectivity index (χ0v) is 37.7. The van der Waals surface area contributed by atoms with E-state index in [1.54, 1.807) is 0 Å². The minimum Gasteiger partial charge on any atom is -0.457 e. The molecule has 1 aliphatic rings. The van der Waals surface area contributed by atoms with Crippen LogP contribution < -0.4 is 0 Å². The molecule has 0 aromatic rings. The number of esters is 1. The summed E-state index contributed by atoms with van der Waals surface area (Å²) >= 11 is 0. The molecule has 0 saturated carbocycles. The fraction of sp³-hybridized carbons (Fsp3) is 0.820. The Morgan fingerprint density at radius 1 is 0.559 bits per heavy atom. The lowest BCUT2D eigenvalue weighted by Crippen LogP contribution is -2.59. The smallest absolute Gasteiger partial charge is 0.306 e. The molecule has 0 aliphatic carbocycles. The minimum absolute atomic E-state index is 0.113. The van der Waals surface area contributed by atoms with Gasteiger partial charge in [0, 0.05) is 13.0 Å². The predicted molar refractivity (Wildman–Crippen MR) is 242 cm³/mol. The zero-order valence-electron chi connectivity index (χ0n) is 37.7.